The molecule has 6 heteroatoms. The highest BCUT2D eigenvalue weighted by Crippen LogP contribution is 2.23. The van der Waals surface area contributed by atoms with E-state index >= 15 is 0 Å². The number of sulfonamides is 1. The van der Waals surface area contributed by atoms with Crippen molar-refractivity contribution in [2.24, 2.45) is 0 Å². The van der Waals surface area contributed by atoms with Gasteiger partial charge >= 0.3 is 0 Å². The Morgan fingerprint density at radius 3 is 2.80 bits per heavy atom. The van der Waals surface area contributed by atoms with Gasteiger partial charge in [0.15, 0.2) is 0 Å². The Hall–Kier alpha value is -1.11. The van der Waals surface area contributed by atoms with Crippen molar-refractivity contribution in [3.05, 3.63) is 30.2 Å². The molecule has 1 rings (SSSR count). The molecule has 0 unspecified atom stereocenters. The number of allylic oxidation sites excluding steroid dienone is 1. The van der Waals surface area contributed by atoms with Crippen LogP contribution in [0.4, 0.5) is 0 Å². The summed E-state index contributed by atoms with van der Waals surface area (Å²) < 4.78 is 31.8. The first-order chi connectivity index (χ1) is 9.43. The molecule has 114 valence electrons. The van der Waals surface area contributed by atoms with Gasteiger partial charge in [-0.15, -0.1) is 6.58 Å². The molecule has 0 saturated carbocycles. The second kappa shape index (κ2) is 7.61. The molecule has 1 heterocycles. The van der Waals surface area contributed by atoms with Gasteiger partial charge in [-0.1, -0.05) is 13.0 Å². The summed E-state index contributed by atoms with van der Waals surface area (Å²) in [6, 6.07) is 1.61. The fourth-order valence-electron chi connectivity index (χ4n) is 1.86. The standard InChI is InChI=1S/C14H24N2O3S/c1-5-7-8-9-16(4)20(17,18)14-10-13(11-15-6-2)19-12(14)3/h5,10,15H,1,6-9,11H2,2-4H3. The van der Waals surface area contributed by atoms with Crippen LogP contribution in [0.15, 0.2) is 28.0 Å². The first-order valence-corrected chi connectivity index (χ1v) is 8.24. The summed E-state index contributed by atoms with van der Waals surface area (Å²) in [6.07, 6.45) is 3.36. The highest BCUT2D eigenvalue weighted by molar-refractivity contribution is 7.89. The zero-order valence-corrected chi connectivity index (χ0v) is 13.3. The van der Waals surface area contributed by atoms with Crippen LogP contribution >= 0.6 is 0 Å². The Bertz CT molecular complexity index is 535. The lowest BCUT2D eigenvalue weighted by Gasteiger charge is -2.15. The number of rotatable bonds is 9. The average Bonchev–Trinajstić information content (AvgIpc) is 2.78. The van der Waals surface area contributed by atoms with Gasteiger partial charge in [-0.05, 0) is 26.3 Å². The molecule has 0 aliphatic heterocycles. The highest BCUT2D eigenvalue weighted by Gasteiger charge is 2.25. The van der Waals surface area contributed by atoms with Gasteiger partial charge in [0.25, 0.3) is 0 Å². The minimum absolute atomic E-state index is 0.256. The largest absolute Gasteiger partial charge is 0.464 e. The molecule has 0 aliphatic carbocycles. The Labute approximate surface area is 121 Å². The maximum Gasteiger partial charge on any atom is 0.246 e. The molecule has 20 heavy (non-hydrogen) atoms. The molecule has 0 aromatic carbocycles. The van der Waals surface area contributed by atoms with Crippen LogP contribution in [0.2, 0.25) is 0 Å². The van der Waals surface area contributed by atoms with E-state index in [0.29, 0.717) is 24.6 Å². The van der Waals surface area contributed by atoms with Gasteiger partial charge in [0.1, 0.15) is 16.4 Å². The van der Waals surface area contributed by atoms with Gasteiger partial charge in [-0.25, -0.2) is 12.7 Å². The van der Waals surface area contributed by atoms with Crippen LogP contribution < -0.4 is 5.32 Å². The Morgan fingerprint density at radius 1 is 1.50 bits per heavy atom. The van der Waals surface area contributed by atoms with E-state index in [9.17, 15) is 8.42 Å². The van der Waals surface area contributed by atoms with Crippen LogP contribution in [0.3, 0.4) is 0 Å². The minimum atomic E-state index is -3.48. The molecule has 0 fully saturated rings. The normalized spacial score (nSPS) is 12.0. The molecule has 0 amide bonds. The molecule has 0 spiro atoms. The topological polar surface area (TPSA) is 62.6 Å². The SMILES string of the molecule is C=CCCCN(C)S(=O)(=O)c1cc(CNCC)oc1C. The monoisotopic (exact) mass is 300 g/mol. The van der Waals surface area contributed by atoms with E-state index in [1.165, 1.54) is 4.31 Å². The number of nitrogens with one attached hydrogen (secondary N) is 1. The molecular weight excluding hydrogens is 276 g/mol. The van der Waals surface area contributed by atoms with Crippen molar-refractivity contribution in [3.63, 3.8) is 0 Å². The first-order valence-electron chi connectivity index (χ1n) is 6.80. The fourth-order valence-corrected chi connectivity index (χ4v) is 3.25. The van der Waals surface area contributed by atoms with Crippen LogP contribution in [0.5, 0.6) is 0 Å². The van der Waals surface area contributed by atoms with Crippen LogP contribution in [0, 0.1) is 6.92 Å². The van der Waals surface area contributed by atoms with E-state index in [1.807, 2.05) is 6.92 Å². The lowest BCUT2D eigenvalue weighted by Crippen LogP contribution is -2.28. The number of unbranched alkanes of at least 4 members (excludes halogenated alkanes) is 1. The maximum atomic E-state index is 12.5. The van der Waals surface area contributed by atoms with E-state index in [2.05, 4.69) is 11.9 Å². The molecule has 1 aromatic rings. The van der Waals surface area contributed by atoms with E-state index in [-0.39, 0.29) is 4.90 Å². The Morgan fingerprint density at radius 2 is 2.20 bits per heavy atom. The molecule has 0 aliphatic rings. The third-order valence-corrected chi connectivity index (χ3v) is 5.01. The zero-order chi connectivity index (χ0) is 15.2. The number of hydrogen-bond acceptors (Lipinski definition) is 4. The van der Waals surface area contributed by atoms with E-state index in [4.69, 9.17) is 4.42 Å². The summed E-state index contributed by atoms with van der Waals surface area (Å²) in [6.45, 7) is 9.12. The van der Waals surface area contributed by atoms with Crippen LogP contribution in [-0.4, -0.2) is 32.9 Å². The number of aryl methyl sites for hydroxylation is 1. The van der Waals surface area contributed by atoms with E-state index in [1.54, 1.807) is 26.1 Å². The smallest absolute Gasteiger partial charge is 0.246 e. The van der Waals surface area contributed by atoms with Gasteiger partial charge in [0.2, 0.25) is 10.0 Å². The molecule has 5 nitrogen and oxygen atoms in total. The second-order valence-electron chi connectivity index (χ2n) is 4.67. The second-order valence-corrected chi connectivity index (χ2v) is 6.68. The van der Waals surface area contributed by atoms with Crippen LogP contribution in [0.1, 0.15) is 31.3 Å². The molecule has 0 bridgehead atoms. The Kier molecular flexibility index (Phi) is 6.45. The summed E-state index contributed by atoms with van der Waals surface area (Å²) >= 11 is 0. The van der Waals surface area contributed by atoms with Gasteiger partial charge in [-0.2, -0.15) is 0 Å². The van der Waals surface area contributed by atoms with Gasteiger partial charge < -0.3 is 9.73 Å². The summed E-state index contributed by atoms with van der Waals surface area (Å²) in [5.74, 6) is 1.08. The summed E-state index contributed by atoms with van der Waals surface area (Å²) in [5, 5.41) is 3.11. The quantitative estimate of drug-likeness (QED) is 0.561. The number of furan rings is 1. The average molecular weight is 300 g/mol. The lowest BCUT2D eigenvalue weighted by atomic mass is 10.3. The molecular formula is C14H24N2O3S. The number of hydrogen-bond donors (Lipinski definition) is 1. The third kappa shape index (κ3) is 4.19. The number of nitrogens with zero attached hydrogens (tertiary/aromatic N) is 1. The van der Waals surface area contributed by atoms with E-state index < -0.39 is 10.0 Å². The summed E-state index contributed by atoms with van der Waals surface area (Å²) in [4.78, 5) is 0.256. The minimum Gasteiger partial charge on any atom is -0.464 e. The molecule has 1 N–H and O–H groups in total. The molecule has 0 saturated heterocycles. The lowest BCUT2D eigenvalue weighted by molar-refractivity contribution is 0.448. The van der Waals surface area contributed by atoms with Crippen molar-refractivity contribution in [1.29, 1.82) is 0 Å². The van der Waals surface area contributed by atoms with Gasteiger partial charge in [0.05, 0.1) is 6.54 Å². The van der Waals surface area contributed by atoms with Crippen molar-refractivity contribution in [2.45, 2.75) is 38.1 Å². The van der Waals surface area contributed by atoms with Gasteiger partial charge in [0, 0.05) is 19.7 Å². The van der Waals surface area contributed by atoms with Crippen molar-refractivity contribution >= 4 is 10.0 Å². The predicted molar refractivity (Wildman–Crippen MR) is 80.1 cm³/mol. The first kappa shape index (κ1) is 16.9. The van der Waals surface area contributed by atoms with Crippen molar-refractivity contribution in [3.8, 4) is 0 Å². The fraction of sp³-hybridized carbons (Fsp3) is 0.571. The van der Waals surface area contributed by atoms with Crippen molar-refractivity contribution in [1.82, 2.24) is 9.62 Å². The van der Waals surface area contributed by atoms with Crippen LogP contribution in [0.25, 0.3) is 0 Å². The highest BCUT2D eigenvalue weighted by atomic mass is 32.2. The summed E-state index contributed by atoms with van der Waals surface area (Å²) in [7, 11) is -1.88. The summed E-state index contributed by atoms with van der Waals surface area (Å²) in [5.41, 5.74) is 0. The molecule has 1 aromatic heterocycles. The van der Waals surface area contributed by atoms with E-state index in [0.717, 1.165) is 19.4 Å². The van der Waals surface area contributed by atoms with Crippen LogP contribution in [-0.2, 0) is 16.6 Å². The maximum absolute atomic E-state index is 12.5. The molecule has 0 radical (unpaired) electrons. The zero-order valence-electron chi connectivity index (χ0n) is 12.5. The predicted octanol–water partition coefficient (Wildman–Crippen LogP) is 2.28. The van der Waals surface area contributed by atoms with Crippen molar-refractivity contribution < 1.29 is 12.8 Å². The van der Waals surface area contributed by atoms with Gasteiger partial charge in [-0.3, -0.25) is 0 Å². The van der Waals surface area contributed by atoms with Crippen molar-refractivity contribution in [2.75, 3.05) is 20.1 Å². The molecule has 0 atom stereocenters. The third-order valence-electron chi connectivity index (χ3n) is 3.04. The Balaban J connectivity index is 2.85.